The van der Waals surface area contributed by atoms with E-state index in [2.05, 4.69) is 69.6 Å². The molecule has 210 valence electrons. The fraction of sp³-hybridized carbons (Fsp3) is 0.607. The van der Waals surface area contributed by atoms with Crippen LogP contribution in [-0.4, -0.2) is 63.0 Å². The normalized spacial score (nSPS) is 23.4. The van der Waals surface area contributed by atoms with E-state index in [-0.39, 0.29) is 24.1 Å². The number of Topliss-reactive ketones (excluding diaryl/α,β-unsaturated/α-hetero) is 1. The Kier molecular flexibility index (Phi) is 10.0. The van der Waals surface area contributed by atoms with Gasteiger partial charge < -0.3 is 18.8 Å². The maximum Gasteiger partial charge on any atom is 0.490 e. The number of halogens is 1. The van der Waals surface area contributed by atoms with Crippen molar-refractivity contribution in [2.75, 3.05) is 13.2 Å². The molecule has 4 heterocycles. The summed E-state index contributed by atoms with van der Waals surface area (Å²) in [6.45, 7) is 9.75. The van der Waals surface area contributed by atoms with Gasteiger partial charge in [0.2, 0.25) is 0 Å². The number of nitrogens with zero attached hydrogens (tertiary/aromatic N) is 4. The number of carbonyl (C=O) groups excluding carboxylic acids is 1. The third kappa shape index (κ3) is 8.01. The highest BCUT2D eigenvalue weighted by molar-refractivity contribution is 9.10. The van der Waals surface area contributed by atoms with Crippen molar-refractivity contribution >= 4 is 28.8 Å². The lowest BCUT2D eigenvalue weighted by Gasteiger charge is -2.32. The van der Waals surface area contributed by atoms with Crippen LogP contribution in [0.4, 0.5) is 0 Å². The molecule has 3 fully saturated rings. The summed E-state index contributed by atoms with van der Waals surface area (Å²) in [5.74, 6) is 0.527. The molecular formula is C28H38BBrN4O5. The van der Waals surface area contributed by atoms with Gasteiger partial charge in [-0.15, -0.1) is 0 Å². The number of ether oxygens (including phenoxy) is 2. The number of rotatable bonds is 2. The zero-order valence-electron chi connectivity index (χ0n) is 23.3. The molecule has 9 nitrogen and oxygen atoms in total. The molecule has 0 bridgehead atoms. The van der Waals surface area contributed by atoms with Crippen LogP contribution in [0, 0.1) is 0 Å². The van der Waals surface area contributed by atoms with Crippen molar-refractivity contribution in [2.24, 2.45) is 0 Å². The second kappa shape index (κ2) is 13.1. The van der Waals surface area contributed by atoms with E-state index < -0.39 is 0 Å². The van der Waals surface area contributed by atoms with E-state index in [1.165, 1.54) is 23.7 Å². The van der Waals surface area contributed by atoms with Gasteiger partial charge >= 0.3 is 7.12 Å². The van der Waals surface area contributed by atoms with Crippen molar-refractivity contribution in [2.45, 2.75) is 95.5 Å². The second-order valence-electron chi connectivity index (χ2n) is 11.2. The van der Waals surface area contributed by atoms with E-state index in [1.807, 2.05) is 12.4 Å². The topological polar surface area (TPSA) is 106 Å². The van der Waals surface area contributed by atoms with E-state index in [0.717, 1.165) is 49.4 Å². The minimum absolute atomic E-state index is 0.219. The lowest BCUT2D eigenvalue weighted by atomic mass is 9.71. The monoisotopic (exact) mass is 600 g/mol. The Morgan fingerprint density at radius 2 is 1.38 bits per heavy atom. The molecule has 0 aromatic carbocycles. The number of ketones is 1. The summed E-state index contributed by atoms with van der Waals surface area (Å²) in [5.41, 5.74) is 1.86. The summed E-state index contributed by atoms with van der Waals surface area (Å²) < 4.78 is 24.5. The van der Waals surface area contributed by atoms with Gasteiger partial charge in [0, 0.05) is 50.5 Å². The SMILES string of the molecule is Brc1cncnc1.CC1(C)OB(C2=CCC3(CC2)OCCO3)OC1(C)C.O=C1CCC(c2cncnc2)CC1. The Hall–Kier alpha value is -2.05. The summed E-state index contributed by atoms with van der Waals surface area (Å²) in [6.07, 6.45) is 18.3. The largest absolute Gasteiger partial charge is 0.490 e. The highest BCUT2D eigenvalue weighted by Gasteiger charge is 2.53. The fourth-order valence-corrected chi connectivity index (χ4v) is 5.11. The number of carbonyl (C=O) groups is 1. The first kappa shape index (κ1) is 29.9. The predicted octanol–water partition coefficient (Wildman–Crippen LogP) is 5.41. The van der Waals surface area contributed by atoms with Gasteiger partial charge in [0.15, 0.2) is 5.79 Å². The molecule has 4 aliphatic rings. The quantitative estimate of drug-likeness (QED) is 0.418. The van der Waals surface area contributed by atoms with E-state index in [0.29, 0.717) is 24.9 Å². The van der Waals surface area contributed by atoms with Gasteiger partial charge in [-0.25, -0.2) is 19.9 Å². The van der Waals surface area contributed by atoms with Crippen LogP contribution in [0.5, 0.6) is 0 Å². The minimum Gasteiger partial charge on any atom is -0.400 e. The van der Waals surface area contributed by atoms with Crippen LogP contribution in [0.15, 0.2) is 53.5 Å². The van der Waals surface area contributed by atoms with Crippen LogP contribution < -0.4 is 0 Å². The van der Waals surface area contributed by atoms with Crippen LogP contribution in [0.1, 0.15) is 84.1 Å². The Balaban J connectivity index is 0.000000152. The first-order valence-corrected chi connectivity index (χ1v) is 14.4. The van der Waals surface area contributed by atoms with Gasteiger partial charge in [-0.2, -0.15) is 0 Å². The summed E-state index contributed by atoms with van der Waals surface area (Å²) in [6, 6.07) is 0. The molecule has 0 N–H and O–H groups in total. The molecule has 11 heteroatoms. The van der Waals surface area contributed by atoms with Gasteiger partial charge in [-0.1, -0.05) is 6.08 Å². The van der Waals surface area contributed by atoms with Crippen LogP contribution in [0.25, 0.3) is 0 Å². The number of allylic oxidation sites excluding steroid dienone is 1. The molecule has 0 radical (unpaired) electrons. The number of hydrogen-bond donors (Lipinski definition) is 0. The van der Waals surface area contributed by atoms with Crippen molar-refractivity contribution in [3.63, 3.8) is 0 Å². The molecule has 0 amide bonds. The van der Waals surface area contributed by atoms with E-state index >= 15 is 0 Å². The Morgan fingerprint density at radius 3 is 1.85 bits per heavy atom. The molecule has 2 aliphatic heterocycles. The van der Waals surface area contributed by atoms with Gasteiger partial charge in [0.05, 0.1) is 28.9 Å². The van der Waals surface area contributed by atoms with Crippen molar-refractivity contribution in [3.8, 4) is 0 Å². The van der Waals surface area contributed by atoms with Crippen molar-refractivity contribution in [3.05, 3.63) is 59.0 Å². The Morgan fingerprint density at radius 1 is 0.846 bits per heavy atom. The van der Waals surface area contributed by atoms with Crippen LogP contribution in [-0.2, 0) is 23.6 Å². The van der Waals surface area contributed by atoms with Gasteiger partial charge in [-0.3, -0.25) is 4.79 Å². The first-order chi connectivity index (χ1) is 18.6. The molecule has 2 aromatic rings. The molecule has 39 heavy (non-hydrogen) atoms. The predicted molar refractivity (Wildman–Crippen MR) is 151 cm³/mol. The second-order valence-corrected chi connectivity index (χ2v) is 12.1. The van der Waals surface area contributed by atoms with Crippen molar-refractivity contribution in [1.29, 1.82) is 0 Å². The molecule has 6 rings (SSSR count). The minimum atomic E-state index is -0.368. The van der Waals surface area contributed by atoms with E-state index in [1.54, 1.807) is 12.4 Å². The van der Waals surface area contributed by atoms with Crippen LogP contribution in [0.3, 0.4) is 0 Å². The molecular weight excluding hydrogens is 563 g/mol. The fourth-order valence-electron chi connectivity index (χ4n) is 4.87. The average Bonchev–Trinajstić information content (AvgIpc) is 3.47. The number of aromatic nitrogens is 4. The smallest absolute Gasteiger partial charge is 0.400 e. The molecule has 0 atom stereocenters. The molecule has 2 aromatic heterocycles. The third-order valence-electron chi connectivity index (χ3n) is 7.96. The molecule has 2 aliphatic carbocycles. The lowest BCUT2D eigenvalue weighted by molar-refractivity contribution is -0.161. The lowest BCUT2D eigenvalue weighted by Crippen LogP contribution is -2.41. The Bertz CT molecular complexity index is 1090. The summed E-state index contributed by atoms with van der Waals surface area (Å²) in [7, 11) is -0.219. The summed E-state index contributed by atoms with van der Waals surface area (Å²) >= 11 is 3.19. The van der Waals surface area contributed by atoms with Crippen LogP contribution >= 0.6 is 15.9 Å². The molecule has 2 saturated heterocycles. The standard InChI is InChI=1S/C14H23BO4.C10H12N2O.C4H3BrN2/c1-12(2)13(3,4)19-15(18-12)11-5-7-14(8-6-11)16-9-10-17-14;13-10-3-1-8(2-4-10)9-5-11-7-12-6-9;5-4-1-6-3-7-2-4/h5H,6-10H2,1-4H3;5-8H,1-4H2;1-3H. The first-order valence-electron chi connectivity index (χ1n) is 13.6. The molecule has 0 unspecified atom stereocenters. The highest BCUT2D eigenvalue weighted by Crippen LogP contribution is 2.42. The van der Waals surface area contributed by atoms with Gasteiger partial charge in [0.1, 0.15) is 18.4 Å². The number of hydrogen-bond acceptors (Lipinski definition) is 9. The maximum absolute atomic E-state index is 11.0. The summed E-state index contributed by atoms with van der Waals surface area (Å²) in [5, 5.41) is 0. The van der Waals surface area contributed by atoms with E-state index in [9.17, 15) is 4.79 Å². The average molecular weight is 601 g/mol. The zero-order chi connectivity index (χ0) is 27.9. The van der Waals surface area contributed by atoms with Gasteiger partial charge in [-0.05, 0) is 79.8 Å². The molecule has 1 spiro atoms. The van der Waals surface area contributed by atoms with Gasteiger partial charge in [0.25, 0.3) is 0 Å². The van der Waals surface area contributed by atoms with Crippen molar-refractivity contribution < 1.29 is 23.6 Å². The zero-order valence-corrected chi connectivity index (χ0v) is 24.9. The Labute approximate surface area is 239 Å². The third-order valence-corrected chi connectivity index (χ3v) is 8.37. The van der Waals surface area contributed by atoms with E-state index in [4.69, 9.17) is 18.8 Å². The van der Waals surface area contributed by atoms with Crippen LogP contribution in [0.2, 0.25) is 0 Å². The maximum atomic E-state index is 11.0. The van der Waals surface area contributed by atoms with Crippen molar-refractivity contribution in [1.82, 2.24) is 19.9 Å². The molecule has 1 saturated carbocycles. The highest BCUT2D eigenvalue weighted by atomic mass is 79.9. The summed E-state index contributed by atoms with van der Waals surface area (Å²) in [4.78, 5) is 26.4.